The second-order valence-electron chi connectivity index (χ2n) is 12.5. The van der Waals surface area contributed by atoms with Gasteiger partial charge in [0, 0.05) is 63.2 Å². The molecule has 23 nitrogen and oxygen atoms in total. The number of amides is 1. The largest absolute Gasteiger partial charge is 1.00 e. The van der Waals surface area contributed by atoms with Crippen molar-refractivity contribution in [2.45, 2.75) is 4.90 Å². The molecule has 25 heteroatoms. The Labute approximate surface area is 365 Å². The van der Waals surface area contributed by atoms with E-state index in [2.05, 4.69) is 30.5 Å². The molecular weight excluding hydrogens is 893 g/mol. The van der Waals surface area contributed by atoms with Crippen LogP contribution in [-0.2, 0) is 32.2 Å². The van der Waals surface area contributed by atoms with Crippen molar-refractivity contribution in [3.05, 3.63) is 133 Å². The van der Waals surface area contributed by atoms with E-state index in [1.54, 1.807) is 48.5 Å². The predicted molar refractivity (Wildman–Crippen MR) is 219 cm³/mol. The number of hydrogen-bond acceptors (Lipinski definition) is 19. The van der Waals surface area contributed by atoms with Gasteiger partial charge in [0.25, 0.3) is 11.4 Å². The molecule has 320 valence electrons. The number of aromatic hydroxyl groups is 4. The van der Waals surface area contributed by atoms with Gasteiger partial charge in [-0.25, -0.2) is 13.2 Å². The van der Waals surface area contributed by atoms with Gasteiger partial charge in [-0.1, -0.05) is 48.5 Å². The van der Waals surface area contributed by atoms with Gasteiger partial charge in [-0.05, 0) is 35.0 Å². The number of nitrogens with zero attached hydrogens (tertiary/aromatic N) is 7. The third kappa shape index (κ3) is 9.66. The molecule has 5 N–H and O–H groups in total. The summed E-state index contributed by atoms with van der Waals surface area (Å²) in [6.07, 6.45) is -0.786. The zero-order valence-corrected chi connectivity index (χ0v) is 33.6. The van der Waals surface area contributed by atoms with Gasteiger partial charge in [-0.3, -0.25) is 35.7 Å². The minimum Gasteiger partial charge on any atom is -0.744 e. The van der Waals surface area contributed by atoms with Crippen LogP contribution in [0.25, 0.3) is 32.3 Å². The summed E-state index contributed by atoms with van der Waals surface area (Å²) in [4.78, 5) is 41.4. The molecule has 0 bridgehead atoms. The number of carbonyl (C=O) groups is 1. The fourth-order valence-electron chi connectivity index (χ4n) is 5.95. The summed E-state index contributed by atoms with van der Waals surface area (Å²) in [5, 5.41) is 93.9. The third-order valence-electron chi connectivity index (χ3n) is 8.78. The number of phenolic OH excluding ortho intramolecular Hbond substituents is 4. The molecule has 0 saturated carbocycles. The number of nitro benzene ring substituents is 3. The van der Waals surface area contributed by atoms with E-state index in [-0.39, 0.29) is 70.6 Å². The minimum absolute atomic E-state index is 0. The molecule has 0 spiro atoms. The first kappa shape index (κ1) is 45.7. The summed E-state index contributed by atoms with van der Waals surface area (Å²) in [5.41, 5.74) is -2.68. The van der Waals surface area contributed by atoms with E-state index in [0.717, 1.165) is 30.7 Å². The molecule has 0 aromatic heterocycles. The molecular formula is C38H27CrN8O15S+. The standard InChI is InChI=1S/C20H13N3O7S.C18H13N5O8.Cr/c24-16-8-5-11-3-1-2-4-13(11)19(16)21-22-20-14-7-6-12(23(26)27)9-15(14)18(10-17(20)25)31(28,29)30;1-31-18(26)19-11-4-2-3-9-5-6-14(24)16(15(9)11)21-20-12-7-10(22(27)28)8-13(17(12)25)23(29)30;/h1-10,24-25H,(H,28,29,30);2-8,24-25H,1H3,(H,19,26);/p+1. The monoisotopic (exact) mass is 919 g/mol. The maximum absolute atomic E-state index is 11.6. The van der Waals surface area contributed by atoms with Crippen molar-refractivity contribution in [2.24, 2.45) is 20.5 Å². The number of carbonyl (C=O) groups excluding carboxylic acids is 1. The Hall–Kier alpha value is -8.37. The molecule has 0 atom stereocenters. The number of anilines is 1. The van der Waals surface area contributed by atoms with E-state index in [9.17, 15) is 68.5 Å². The molecule has 7 aromatic carbocycles. The van der Waals surface area contributed by atoms with Crippen LogP contribution in [0.5, 0.6) is 23.0 Å². The first-order valence-corrected chi connectivity index (χ1v) is 18.5. The topological polar surface area (TPSA) is 355 Å². The minimum atomic E-state index is -5.06. The summed E-state index contributed by atoms with van der Waals surface area (Å²) in [6.45, 7) is 0. The second-order valence-corrected chi connectivity index (χ2v) is 13.9. The first-order chi connectivity index (χ1) is 29.4. The molecule has 0 unspecified atom stereocenters. The summed E-state index contributed by atoms with van der Waals surface area (Å²) < 4.78 is 39.5. The van der Waals surface area contributed by atoms with Crippen LogP contribution < -0.4 is 5.32 Å². The molecule has 0 saturated heterocycles. The Morgan fingerprint density at radius 1 is 0.651 bits per heavy atom. The summed E-state index contributed by atoms with van der Waals surface area (Å²) in [5.74, 6) is -2.15. The van der Waals surface area contributed by atoms with Crippen molar-refractivity contribution in [2.75, 3.05) is 12.4 Å². The molecule has 7 aromatic rings. The van der Waals surface area contributed by atoms with Gasteiger partial charge in [-0.15, -0.1) is 20.5 Å². The number of non-ortho nitro benzene ring substituents is 2. The van der Waals surface area contributed by atoms with Crippen LogP contribution in [0.2, 0.25) is 0 Å². The van der Waals surface area contributed by atoms with Gasteiger partial charge >= 0.3 is 14.6 Å². The molecule has 0 radical (unpaired) electrons. The van der Waals surface area contributed by atoms with Gasteiger partial charge in [0.15, 0.2) is 0 Å². The average Bonchev–Trinajstić information content (AvgIpc) is 3.23. The quantitative estimate of drug-likeness (QED) is 0.0389. The molecule has 0 aliphatic heterocycles. The molecule has 0 heterocycles. The van der Waals surface area contributed by atoms with E-state index in [4.69, 9.17) is 0 Å². The normalized spacial score (nSPS) is 11.3. The van der Waals surface area contributed by atoms with Crippen LogP contribution >= 0.6 is 0 Å². The number of methoxy groups -OCH3 is 1. The van der Waals surface area contributed by atoms with Crippen molar-refractivity contribution in [3.8, 4) is 23.0 Å². The molecule has 7 rings (SSSR count). The fraction of sp³-hybridized carbons (Fsp3) is 0.0263. The Morgan fingerprint density at radius 2 is 1.25 bits per heavy atom. The summed E-state index contributed by atoms with van der Waals surface area (Å²) in [6, 6.07) is 23.0. The number of phenols is 4. The van der Waals surface area contributed by atoms with Crippen LogP contribution in [0.3, 0.4) is 0 Å². The van der Waals surface area contributed by atoms with E-state index >= 15 is 0 Å². The van der Waals surface area contributed by atoms with E-state index in [1.807, 2.05) is 0 Å². The third-order valence-corrected chi connectivity index (χ3v) is 9.66. The van der Waals surface area contributed by atoms with Crippen LogP contribution in [0.1, 0.15) is 2.85 Å². The molecule has 63 heavy (non-hydrogen) atoms. The Morgan fingerprint density at radius 3 is 1.89 bits per heavy atom. The number of azo groups is 2. The Bertz CT molecular complexity index is 3220. The Balaban J connectivity index is 0.000000330. The van der Waals surface area contributed by atoms with Crippen LogP contribution in [-0.4, -0.2) is 61.4 Å². The molecule has 1 amide bonds. The number of ether oxygens (including phenoxy) is 1. The first-order valence-electron chi connectivity index (χ1n) is 17.1. The smallest absolute Gasteiger partial charge is 0.744 e. The molecule has 0 fully saturated rings. The number of hydrogen-bond donors (Lipinski definition) is 5. The summed E-state index contributed by atoms with van der Waals surface area (Å²) in [7, 11) is -3.90. The van der Waals surface area contributed by atoms with Gasteiger partial charge in [0.05, 0.1) is 38.5 Å². The zero-order chi connectivity index (χ0) is 45.0. The van der Waals surface area contributed by atoms with Gasteiger partial charge in [0.2, 0.25) is 5.75 Å². The fourth-order valence-corrected chi connectivity index (χ4v) is 6.65. The van der Waals surface area contributed by atoms with Crippen LogP contribution in [0.15, 0.2) is 128 Å². The van der Waals surface area contributed by atoms with Crippen molar-refractivity contribution in [1.82, 2.24) is 0 Å². The van der Waals surface area contributed by atoms with Crippen molar-refractivity contribution in [3.63, 3.8) is 0 Å². The van der Waals surface area contributed by atoms with E-state index in [1.165, 1.54) is 24.3 Å². The van der Waals surface area contributed by atoms with Gasteiger partial charge in [-0.2, -0.15) is 0 Å². The predicted octanol–water partition coefficient (Wildman–Crippen LogP) is 9.52. The van der Waals surface area contributed by atoms with Crippen molar-refractivity contribution in [1.29, 1.82) is 0 Å². The molecule has 0 aliphatic carbocycles. The van der Waals surface area contributed by atoms with Gasteiger partial charge in [0.1, 0.15) is 50.1 Å². The maximum Gasteiger partial charge on any atom is 1.00 e. The van der Waals surface area contributed by atoms with Crippen LogP contribution in [0.4, 0.5) is 50.3 Å². The van der Waals surface area contributed by atoms with E-state index in [0.29, 0.717) is 22.9 Å². The maximum atomic E-state index is 11.6. The number of nitro groups is 3. The zero-order valence-electron chi connectivity index (χ0n) is 33.5. The second kappa shape index (κ2) is 18.5. The number of benzene rings is 7. The number of nitrogens with one attached hydrogen (secondary N) is 1. The van der Waals surface area contributed by atoms with E-state index < -0.39 is 70.1 Å². The summed E-state index contributed by atoms with van der Waals surface area (Å²) >= 11 is 0. The number of rotatable bonds is 9. The van der Waals surface area contributed by atoms with Gasteiger partial charge < -0.3 is 29.7 Å². The SMILES string of the molecule is COC(=O)Nc1cccc2ccc(O)c(N=Nc3cc([N+](=O)[O-])cc([N+](=O)[O-])c3O)c12.O=[N+]([O-])c1ccc2c(N=Nc3c(O)ccc4ccccc34)c(O)cc(S(=O)(=O)[O-])c2c1.[Cr].[H+].[H+]. The molecule has 0 aliphatic rings. The Kier molecular flexibility index (Phi) is 13.4. The number of fused-ring (bicyclic) bond motifs is 3. The van der Waals surface area contributed by atoms with Crippen LogP contribution in [0, 0.1) is 30.3 Å². The van der Waals surface area contributed by atoms with Crippen molar-refractivity contribution >= 4 is 94.0 Å². The van der Waals surface area contributed by atoms with Crippen molar-refractivity contribution < 1.29 is 77.9 Å². The average molecular weight is 920 g/mol.